The first-order chi connectivity index (χ1) is 11.5. The van der Waals surface area contributed by atoms with Crippen LogP contribution in [0.5, 0.6) is 0 Å². The number of nitrogens with one attached hydrogen (secondary N) is 2. The van der Waals surface area contributed by atoms with Crippen molar-refractivity contribution in [2.75, 3.05) is 13.1 Å². The average molecular weight is 458 g/mol. The fourth-order valence-electron chi connectivity index (χ4n) is 2.20. The lowest BCUT2D eigenvalue weighted by Crippen LogP contribution is -2.39. The Labute approximate surface area is 166 Å². The molecule has 0 fully saturated rings. The maximum Gasteiger partial charge on any atom is 0.216 e. The highest BCUT2D eigenvalue weighted by Gasteiger charge is 2.09. The number of halogens is 1. The quantitative estimate of drug-likeness (QED) is 0.352. The minimum absolute atomic E-state index is 0. The normalized spacial score (nSPS) is 12.4. The van der Waals surface area contributed by atoms with Gasteiger partial charge < -0.3 is 20.2 Å². The van der Waals surface area contributed by atoms with E-state index in [4.69, 9.17) is 4.42 Å². The van der Waals surface area contributed by atoms with Crippen molar-refractivity contribution in [3.63, 3.8) is 0 Å². The van der Waals surface area contributed by atoms with Crippen LogP contribution in [0.2, 0.25) is 0 Å². The summed E-state index contributed by atoms with van der Waals surface area (Å²) in [5.74, 6) is 2.02. The second-order valence-corrected chi connectivity index (χ2v) is 5.75. The van der Waals surface area contributed by atoms with Gasteiger partial charge in [-0.2, -0.15) is 0 Å². The summed E-state index contributed by atoms with van der Waals surface area (Å²) in [4.78, 5) is 8.76. The lowest BCUT2D eigenvalue weighted by atomic mass is 10.1. The number of nitrogens with zero attached hydrogens (tertiary/aromatic N) is 2. The molecule has 2 aromatic rings. The molecule has 1 aromatic heterocycles. The smallest absolute Gasteiger partial charge is 0.216 e. The van der Waals surface area contributed by atoms with E-state index in [2.05, 4.69) is 20.6 Å². The molecule has 0 aliphatic heterocycles. The van der Waals surface area contributed by atoms with Gasteiger partial charge in [0, 0.05) is 13.1 Å². The molecule has 0 amide bonds. The molecule has 7 heteroatoms. The average Bonchev–Trinajstić information content (AvgIpc) is 2.88. The standard InChI is InChI=1S/C18H26N4O2.HI/c1-5-19-18(21-11-17-22-13(3)14(4)24-17)20-10-16(23)15-8-6-12(2)7-9-15;/h6-9,16,23H,5,10-11H2,1-4H3,(H2,19,20,21);1H. The number of benzene rings is 1. The molecule has 0 aliphatic rings. The van der Waals surface area contributed by atoms with Crippen LogP contribution in [0.3, 0.4) is 0 Å². The number of aryl methyl sites for hydroxylation is 3. The Hall–Kier alpha value is -1.61. The predicted molar refractivity (Wildman–Crippen MR) is 110 cm³/mol. The molecule has 1 unspecified atom stereocenters. The molecule has 0 saturated heterocycles. The number of oxazole rings is 1. The first kappa shape index (κ1) is 21.4. The van der Waals surface area contributed by atoms with E-state index in [1.165, 1.54) is 5.56 Å². The number of aliphatic hydroxyl groups is 1. The van der Waals surface area contributed by atoms with E-state index < -0.39 is 6.10 Å². The van der Waals surface area contributed by atoms with Crippen LogP contribution in [0.25, 0.3) is 0 Å². The topological polar surface area (TPSA) is 82.7 Å². The molecule has 2 rings (SSSR count). The molecule has 25 heavy (non-hydrogen) atoms. The van der Waals surface area contributed by atoms with Gasteiger partial charge in [-0.05, 0) is 33.3 Å². The third kappa shape index (κ3) is 6.66. The van der Waals surface area contributed by atoms with Gasteiger partial charge >= 0.3 is 0 Å². The third-order valence-electron chi connectivity index (χ3n) is 3.71. The van der Waals surface area contributed by atoms with Crippen molar-refractivity contribution in [1.29, 1.82) is 0 Å². The van der Waals surface area contributed by atoms with Gasteiger partial charge in [-0.3, -0.25) is 0 Å². The zero-order valence-electron chi connectivity index (χ0n) is 15.2. The van der Waals surface area contributed by atoms with Crippen molar-refractivity contribution in [3.8, 4) is 0 Å². The predicted octanol–water partition coefficient (Wildman–Crippen LogP) is 3.01. The van der Waals surface area contributed by atoms with Gasteiger partial charge in [-0.25, -0.2) is 9.98 Å². The van der Waals surface area contributed by atoms with E-state index in [1.54, 1.807) is 0 Å². The number of guanidine groups is 1. The first-order valence-electron chi connectivity index (χ1n) is 8.19. The molecule has 3 N–H and O–H groups in total. The summed E-state index contributed by atoms with van der Waals surface area (Å²) in [5, 5.41) is 16.6. The van der Waals surface area contributed by atoms with Gasteiger partial charge in [0.1, 0.15) is 12.3 Å². The number of rotatable bonds is 6. The minimum atomic E-state index is -0.597. The highest BCUT2D eigenvalue weighted by Crippen LogP contribution is 2.12. The van der Waals surface area contributed by atoms with Crippen molar-refractivity contribution in [1.82, 2.24) is 15.6 Å². The van der Waals surface area contributed by atoms with Crippen LogP contribution in [0.1, 0.15) is 41.5 Å². The van der Waals surface area contributed by atoms with Crippen molar-refractivity contribution >= 4 is 29.9 Å². The number of hydrogen-bond acceptors (Lipinski definition) is 4. The largest absolute Gasteiger partial charge is 0.444 e. The maximum absolute atomic E-state index is 10.3. The summed E-state index contributed by atoms with van der Waals surface area (Å²) >= 11 is 0. The Balaban J connectivity index is 0.00000312. The molecule has 0 radical (unpaired) electrons. The van der Waals surface area contributed by atoms with Crippen LogP contribution in [-0.2, 0) is 6.54 Å². The SMILES string of the molecule is CCNC(=NCc1nc(C)c(C)o1)NCC(O)c1ccc(C)cc1.I. The van der Waals surface area contributed by atoms with Crippen LogP contribution in [0, 0.1) is 20.8 Å². The lowest BCUT2D eigenvalue weighted by molar-refractivity contribution is 0.181. The number of hydrogen-bond donors (Lipinski definition) is 3. The van der Waals surface area contributed by atoms with Crippen LogP contribution in [0.15, 0.2) is 33.7 Å². The summed E-state index contributed by atoms with van der Waals surface area (Å²) < 4.78 is 5.53. The van der Waals surface area contributed by atoms with E-state index >= 15 is 0 Å². The van der Waals surface area contributed by atoms with Crippen molar-refractivity contribution in [2.24, 2.45) is 4.99 Å². The van der Waals surface area contributed by atoms with Crippen LogP contribution in [0.4, 0.5) is 0 Å². The van der Waals surface area contributed by atoms with E-state index in [0.717, 1.165) is 23.6 Å². The Morgan fingerprint density at radius 1 is 1.20 bits per heavy atom. The van der Waals surface area contributed by atoms with Gasteiger partial charge in [0.25, 0.3) is 0 Å². The van der Waals surface area contributed by atoms with Gasteiger partial charge in [-0.1, -0.05) is 29.8 Å². The second-order valence-electron chi connectivity index (χ2n) is 5.75. The van der Waals surface area contributed by atoms with E-state index in [1.807, 2.05) is 52.0 Å². The molecule has 6 nitrogen and oxygen atoms in total. The van der Waals surface area contributed by atoms with Crippen molar-refractivity contribution in [3.05, 3.63) is 52.7 Å². The molecule has 1 aromatic carbocycles. The Morgan fingerprint density at radius 2 is 1.88 bits per heavy atom. The fraction of sp³-hybridized carbons (Fsp3) is 0.444. The van der Waals surface area contributed by atoms with Crippen LogP contribution < -0.4 is 10.6 Å². The lowest BCUT2D eigenvalue weighted by Gasteiger charge is -2.15. The molecule has 1 atom stereocenters. The molecule has 138 valence electrons. The third-order valence-corrected chi connectivity index (χ3v) is 3.71. The number of aliphatic hydroxyl groups excluding tert-OH is 1. The van der Waals surface area contributed by atoms with E-state index in [0.29, 0.717) is 24.9 Å². The van der Waals surface area contributed by atoms with Crippen LogP contribution >= 0.6 is 24.0 Å². The van der Waals surface area contributed by atoms with Crippen molar-refractivity contribution in [2.45, 2.75) is 40.3 Å². The molecule has 0 saturated carbocycles. The van der Waals surface area contributed by atoms with E-state index in [9.17, 15) is 5.11 Å². The Morgan fingerprint density at radius 3 is 2.44 bits per heavy atom. The highest BCUT2D eigenvalue weighted by molar-refractivity contribution is 14.0. The molecular weight excluding hydrogens is 431 g/mol. The monoisotopic (exact) mass is 458 g/mol. The van der Waals surface area contributed by atoms with Gasteiger partial charge in [-0.15, -0.1) is 24.0 Å². The first-order valence-corrected chi connectivity index (χ1v) is 8.19. The van der Waals surface area contributed by atoms with Crippen LogP contribution in [-0.4, -0.2) is 29.1 Å². The zero-order chi connectivity index (χ0) is 17.5. The fourth-order valence-corrected chi connectivity index (χ4v) is 2.20. The summed E-state index contributed by atoms with van der Waals surface area (Å²) in [7, 11) is 0. The highest BCUT2D eigenvalue weighted by atomic mass is 127. The van der Waals surface area contributed by atoms with Gasteiger partial charge in [0.05, 0.1) is 11.8 Å². The van der Waals surface area contributed by atoms with Crippen molar-refractivity contribution < 1.29 is 9.52 Å². The molecule has 1 heterocycles. The minimum Gasteiger partial charge on any atom is -0.444 e. The Bertz CT molecular complexity index is 663. The van der Waals surface area contributed by atoms with Gasteiger partial charge in [0.2, 0.25) is 5.89 Å². The Kier molecular flexibility index (Phi) is 8.91. The molecular formula is C18H27IN4O2. The zero-order valence-corrected chi connectivity index (χ0v) is 17.5. The maximum atomic E-state index is 10.3. The molecule has 0 spiro atoms. The van der Waals surface area contributed by atoms with Gasteiger partial charge in [0.15, 0.2) is 5.96 Å². The summed E-state index contributed by atoms with van der Waals surface area (Å²) in [5.41, 5.74) is 2.93. The molecule has 0 aliphatic carbocycles. The number of aliphatic imine (C=N–C) groups is 1. The molecule has 0 bridgehead atoms. The number of aromatic nitrogens is 1. The summed E-state index contributed by atoms with van der Waals surface area (Å²) in [6.07, 6.45) is -0.597. The summed E-state index contributed by atoms with van der Waals surface area (Å²) in [6.45, 7) is 9.27. The van der Waals surface area contributed by atoms with E-state index in [-0.39, 0.29) is 24.0 Å². The summed E-state index contributed by atoms with van der Waals surface area (Å²) in [6, 6.07) is 7.85. The second kappa shape index (κ2) is 10.4.